The Morgan fingerprint density at radius 1 is 1.44 bits per heavy atom. The van der Waals surface area contributed by atoms with Crippen molar-refractivity contribution in [2.75, 3.05) is 0 Å². The van der Waals surface area contributed by atoms with E-state index < -0.39 is 0 Å². The minimum Gasteiger partial charge on any atom is -0.368 e. The molecule has 0 aliphatic heterocycles. The van der Waals surface area contributed by atoms with Gasteiger partial charge in [0.05, 0.1) is 6.04 Å². The van der Waals surface area contributed by atoms with Crippen LogP contribution in [0, 0.1) is 5.82 Å². The third-order valence-electron chi connectivity index (χ3n) is 2.57. The van der Waals surface area contributed by atoms with Crippen LogP contribution in [0.25, 0.3) is 0 Å². The molecule has 0 spiro atoms. The smallest absolute Gasteiger partial charge is 0.234 e. The van der Waals surface area contributed by atoms with E-state index >= 15 is 0 Å². The summed E-state index contributed by atoms with van der Waals surface area (Å²) >= 11 is 0. The van der Waals surface area contributed by atoms with E-state index in [1.807, 2.05) is 13.8 Å². The lowest BCUT2D eigenvalue weighted by atomic mass is 10.1. The maximum absolute atomic E-state index is 12.7. The standard InChI is InChI=1S/C12H17FN2O/c1-3-11(12(14)16)15-8(2)9-4-6-10(13)7-5-9/h4-8,11,15H,3H2,1-2H3,(H2,14,16). The van der Waals surface area contributed by atoms with E-state index in [9.17, 15) is 9.18 Å². The Hall–Kier alpha value is -1.42. The molecule has 1 aromatic rings. The average molecular weight is 224 g/mol. The molecule has 0 aromatic heterocycles. The Morgan fingerprint density at radius 2 is 2.00 bits per heavy atom. The number of carbonyl (C=O) groups excluding carboxylic acids is 1. The highest BCUT2D eigenvalue weighted by Crippen LogP contribution is 2.14. The zero-order chi connectivity index (χ0) is 12.1. The molecule has 3 nitrogen and oxygen atoms in total. The first-order chi connectivity index (χ1) is 7.54. The van der Waals surface area contributed by atoms with Crippen LogP contribution >= 0.6 is 0 Å². The van der Waals surface area contributed by atoms with E-state index in [0.29, 0.717) is 6.42 Å². The van der Waals surface area contributed by atoms with Crippen molar-refractivity contribution in [1.29, 1.82) is 0 Å². The van der Waals surface area contributed by atoms with Gasteiger partial charge in [0.1, 0.15) is 5.82 Å². The highest BCUT2D eigenvalue weighted by atomic mass is 19.1. The fraction of sp³-hybridized carbons (Fsp3) is 0.417. The Balaban J connectivity index is 2.67. The highest BCUT2D eigenvalue weighted by Gasteiger charge is 2.16. The van der Waals surface area contributed by atoms with Crippen LogP contribution in [0.2, 0.25) is 0 Å². The molecule has 88 valence electrons. The molecule has 0 saturated carbocycles. The van der Waals surface area contributed by atoms with Crippen molar-refractivity contribution in [2.45, 2.75) is 32.4 Å². The van der Waals surface area contributed by atoms with Gasteiger partial charge in [-0.05, 0) is 31.0 Å². The Labute approximate surface area is 94.8 Å². The monoisotopic (exact) mass is 224 g/mol. The second-order valence-electron chi connectivity index (χ2n) is 3.80. The predicted molar refractivity (Wildman–Crippen MR) is 61.2 cm³/mol. The summed E-state index contributed by atoms with van der Waals surface area (Å²) in [5, 5.41) is 3.10. The molecule has 0 aliphatic rings. The van der Waals surface area contributed by atoms with Gasteiger partial charge in [-0.2, -0.15) is 0 Å². The molecule has 0 fully saturated rings. The molecule has 16 heavy (non-hydrogen) atoms. The van der Waals surface area contributed by atoms with E-state index in [1.165, 1.54) is 12.1 Å². The number of halogens is 1. The summed E-state index contributed by atoms with van der Waals surface area (Å²) in [6.45, 7) is 3.80. The number of rotatable bonds is 5. The molecule has 1 amide bonds. The molecule has 4 heteroatoms. The minimum atomic E-state index is -0.364. The summed E-state index contributed by atoms with van der Waals surface area (Å²) in [6.07, 6.45) is 0.640. The molecular formula is C12H17FN2O. The summed E-state index contributed by atoms with van der Waals surface area (Å²) < 4.78 is 12.7. The normalized spacial score (nSPS) is 14.4. The van der Waals surface area contributed by atoms with Crippen LogP contribution < -0.4 is 11.1 Å². The van der Waals surface area contributed by atoms with Crippen molar-refractivity contribution in [2.24, 2.45) is 5.73 Å². The Bertz CT molecular complexity index is 351. The molecule has 0 heterocycles. The van der Waals surface area contributed by atoms with Crippen molar-refractivity contribution in [3.05, 3.63) is 35.6 Å². The van der Waals surface area contributed by atoms with Gasteiger partial charge in [-0.1, -0.05) is 19.1 Å². The minimum absolute atomic E-state index is 0.0296. The first-order valence-electron chi connectivity index (χ1n) is 5.35. The number of hydrogen-bond acceptors (Lipinski definition) is 2. The summed E-state index contributed by atoms with van der Waals surface area (Å²) in [7, 11) is 0. The number of hydrogen-bond donors (Lipinski definition) is 2. The molecular weight excluding hydrogens is 207 g/mol. The van der Waals surface area contributed by atoms with E-state index in [1.54, 1.807) is 12.1 Å². The maximum Gasteiger partial charge on any atom is 0.234 e. The number of nitrogens with two attached hydrogens (primary N) is 1. The lowest BCUT2D eigenvalue weighted by Crippen LogP contribution is -2.41. The Morgan fingerprint density at radius 3 is 2.44 bits per heavy atom. The maximum atomic E-state index is 12.7. The van der Waals surface area contributed by atoms with Gasteiger partial charge in [-0.15, -0.1) is 0 Å². The van der Waals surface area contributed by atoms with Crippen molar-refractivity contribution >= 4 is 5.91 Å². The average Bonchev–Trinajstić information content (AvgIpc) is 2.26. The first kappa shape index (κ1) is 12.6. The first-order valence-corrected chi connectivity index (χ1v) is 5.35. The topological polar surface area (TPSA) is 55.1 Å². The van der Waals surface area contributed by atoms with E-state index in [-0.39, 0.29) is 23.8 Å². The number of benzene rings is 1. The fourth-order valence-electron chi connectivity index (χ4n) is 1.55. The molecule has 0 radical (unpaired) electrons. The second kappa shape index (κ2) is 5.61. The summed E-state index contributed by atoms with van der Waals surface area (Å²) in [5.74, 6) is -0.630. The largest absolute Gasteiger partial charge is 0.368 e. The van der Waals surface area contributed by atoms with Gasteiger partial charge >= 0.3 is 0 Å². The van der Waals surface area contributed by atoms with E-state index in [2.05, 4.69) is 5.32 Å². The molecule has 2 atom stereocenters. The lowest BCUT2D eigenvalue weighted by molar-refractivity contribution is -0.120. The van der Waals surface area contributed by atoms with Crippen molar-refractivity contribution in [1.82, 2.24) is 5.32 Å². The third-order valence-corrected chi connectivity index (χ3v) is 2.57. The fourth-order valence-corrected chi connectivity index (χ4v) is 1.55. The van der Waals surface area contributed by atoms with E-state index in [4.69, 9.17) is 5.73 Å². The van der Waals surface area contributed by atoms with E-state index in [0.717, 1.165) is 5.56 Å². The summed E-state index contributed by atoms with van der Waals surface area (Å²) in [4.78, 5) is 11.1. The van der Waals surface area contributed by atoms with Crippen molar-refractivity contribution < 1.29 is 9.18 Å². The zero-order valence-corrected chi connectivity index (χ0v) is 9.53. The van der Waals surface area contributed by atoms with Gasteiger partial charge in [0.2, 0.25) is 5.91 Å². The van der Waals surface area contributed by atoms with Gasteiger partial charge in [0.25, 0.3) is 0 Å². The molecule has 0 bridgehead atoms. The molecule has 2 unspecified atom stereocenters. The van der Waals surface area contributed by atoms with Gasteiger partial charge in [0, 0.05) is 6.04 Å². The van der Waals surface area contributed by atoms with Crippen LogP contribution in [0.15, 0.2) is 24.3 Å². The number of amides is 1. The molecule has 0 aliphatic carbocycles. The second-order valence-corrected chi connectivity index (χ2v) is 3.80. The van der Waals surface area contributed by atoms with Crippen LogP contribution in [-0.2, 0) is 4.79 Å². The van der Waals surface area contributed by atoms with Crippen molar-refractivity contribution in [3.8, 4) is 0 Å². The Kier molecular flexibility index (Phi) is 4.43. The van der Waals surface area contributed by atoms with Crippen molar-refractivity contribution in [3.63, 3.8) is 0 Å². The summed E-state index contributed by atoms with van der Waals surface area (Å²) in [6, 6.07) is 5.82. The van der Waals surface area contributed by atoms with Gasteiger partial charge in [-0.25, -0.2) is 4.39 Å². The molecule has 0 saturated heterocycles. The van der Waals surface area contributed by atoms with Gasteiger partial charge in [0.15, 0.2) is 0 Å². The highest BCUT2D eigenvalue weighted by molar-refractivity contribution is 5.79. The van der Waals surface area contributed by atoms with Gasteiger partial charge in [-0.3, -0.25) is 10.1 Å². The molecule has 3 N–H and O–H groups in total. The molecule has 1 aromatic carbocycles. The van der Waals surface area contributed by atoms with Crippen LogP contribution in [0.5, 0.6) is 0 Å². The van der Waals surface area contributed by atoms with Crippen LogP contribution in [-0.4, -0.2) is 11.9 Å². The third kappa shape index (κ3) is 3.31. The van der Waals surface area contributed by atoms with Crippen LogP contribution in [0.1, 0.15) is 31.9 Å². The number of carbonyl (C=O) groups is 1. The predicted octanol–water partition coefficient (Wildman–Crippen LogP) is 1.74. The zero-order valence-electron chi connectivity index (χ0n) is 9.53. The lowest BCUT2D eigenvalue weighted by Gasteiger charge is -2.20. The van der Waals surface area contributed by atoms with Crippen LogP contribution in [0.3, 0.4) is 0 Å². The van der Waals surface area contributed by atoms with Gasteiger partial charge < -0.3 is 5.73 Å². The van der Waals surface area contributed by atoms with Crippen LogP contribution in [0.4, 0.5) is 4.39 Å². The molecule has 1 rings (SSSR count). The SMILES string of the molecule is CCC(NC(C)c1ccc(F)cc1)C(N)=O. The quantitative estimate of drug-likeness (QED) is 0.800. The number of primary amides is 1. The number of nitrogens with one attached hydrogen (secondary N) is 1. The summed E-state index contributed by atoms with van der Waals surface area (Å²) in [5.41, 5.74) is 6.17.